The summed E-state index contributed by atoms with van der Waals surface area (Å²) in [6.45, 7) is 8.47. The molecule has 1 aromatic carbocycles. The molecule has 5 N–H and O–H groups in total. The summed E-state index contributed by atoms with van der Waals surface area (Å²) in [4.78, 5) is 12.3. The minimum atomic E-state index is -0.368. The smallest absolute Gasteiger partial charge is 0.338 e. The van der Waals surface area contributed by atoms with Gasteiger partial charge in [-0.25, -0.2) is 4.79 Å². The molecule has 0 radical (unpaired) electrons. The molecule has 1 aliphatic rings. The molecule has 2 rings (SSSR count). The molecule has 1 aromatic rings. The number of piperidine rings is 1. The van der Waals surface area contributed by atoms with Crippen LogP contribution in [0.25, 0.3) is 0 Å². The van der Waals surface area contributed by atoms with Gasteiger partial charge in [0, 0.05) is 35.3 Å². The Balaban J connectivity index is 2.12. The Kier molecular flexibility index (Phi) is 3.89. The third-order valence-corrected chi connectivity index (χ3v) is 3.64. The number of rotatable bonds is 2. The Hall–Kier alpha value is -1.75. The van der Waals surface area contributed by atoms with Gasteiger partial charge in [0.05, 0.1) is 5.56 Å². The molecule has 1 aliphatic heterocycles. The first kappa shape index (κ1) is 15.6. The van der Waals surface area contributed by atoms with Crippen molar-refractivity contribution < 1.29 is 9.53 Å². The number of nitrogens with two attached hydrogens (primary N) is 2. The third-order valence-electron chi connectivity index (χ3n) is 3.64. The average Bonchev–Trinajstić information content (AvgIpc) is 2.22. The van der Waals surface area contributed by atoms with Crippen LogP contribution in [0.15, 0.2) is 18.2 Å². The molecule has 0 spiro atoms. The van der Waals surface area contributed by atoms with Crippen molar-refractivity contribution in [1.29, 1.82) is 0 Å². The normalized spacial score (nSPS) is 21.0. The minimum absolute atomic E-state index is 0.0680. The van der Waals surface area contributed by atoms with E-state index in [1.165, 1.54) is 0 Å². The topological polar surface area (TPSA) is 90.4 Å². The molecular weight excluding hydrogens is 266 g/mol. The molecule has 1 heterocycles. The quantitative estimate of drug-likeness (QED) is 0.574. The van der Waals surface area contributed by atoms with E-state index in [0.29, 0.717) is 16.9 Å². The monoisotopic (exact) mass is 291 g/mol. The maximum absolute atomic E-state index is 12.3. The molecule has 1 fully saturated rings. The Morgan fingerprint density at radius 3 is 2.05 bits per heavy atom. The molecule has 5 heteroatoms. The molecule has 0 amide bonds. The van der Waals surface area contributed by atoms with Crippen molar-refractivity contribution in [3.05, 3.63) is 23.8 Å². The summed E-state index contributed by atoms with van der Waals surface area (Å²) in [5, 5.41) is 3.56. The molecule has 116 valence electrons. The molecule has 0 atom stereocenters. The lowest BCUT2D eigenvalue weighted by molar-refractivity contribution is -0.00637. The van der Waals surface area contributed by atoms with Crippen LogP contribution in [-0.2, 0) is 4.74 Å². The Morgan fingerprint density at radius 1 is 1.10 bits per heavy atom. The maximum atomic E-state index is 12.3. The van der Waals surface area contributed by atoms with Gasteiger partial charge < -0.3 is 21.5 Å². The predicted molar refractivity (Wildman–Crippen MR) is 85.0 cm³/mol. The largest absolute Gasteiger partial charge is 0.459 e. The van der Waals surface area contributed by atoms with Crippen molar-refractivity contribution in [2.45, 2.75) is 57.7 Å². The fourth-order valence-electron chi connectivity index (χ4n) is 3.33. The second-order valence-electron chi connectivity index (χ2n) is 7.22. The lowest BCUT2D eigenvalue weighted by atomic mass is 9.81. The second-order valence-corrected chi connectivity index (χ2v) is 7.22. The number of nitrogens with one attached hydrogen (secondary N) is 1. The van der Waals surface area contributed by atoms with E-state index in [0.717, 1.165) is 12.8 Å². The van der Waals surface area contributed by atoms with Crippen LogP contribution in [0.3, 0.4) is 0 Å². The van der Waals surface area contributed by atoms with E-state index in [1.807, 2.05) is 0 Å². The van der Waals surface area contributed by atoms with Gasteiger partial charge in [-0.15, -0.1) is 0 Å². The van der Waals surface area contributed by atoms with E-state index in [-0.39, 0.29) is 23.2 Å². The maximum Gasteiger partial charge on any atom is 0.338 e. The number of esters is 1. The first-order valence-corrected chi connectivity index (χ1v) is 7.23. The zero-order valence-electron chi connectivity index (χ0n) is 13.2. The highest BCUT2D eigenvalue weighted by atomic mass is 16.5. The third kappa shape index (κ3) is 4.11. The lowest BCUT2D eigenvalue weighted by Gasteiger charge is -2.45. The number of anilines is 2. The standard InChI is InChI=1S/C16H25N3O2/c1-15(2)8-13(9-16(3,4)19-15)21-14(20)10-5-11(17)7-12(18)6-10/h5-7,13,19H,8-9,17-18H2,1-4H3. The van der Waals surface area contributed by atoms with Crippen molar-refractivity contribution >= 4 is 17.3 Å². The molecule has 0 aromatic heterocycles. The van der Waals surface area contributed by atoms with Crippen LogP contribution >= 0.6 is 0 Å². The van der Waals surface area contributed by atoms with Crippen LogP contribution in [0, 0.1) is 0 Å². The number of hydrogen-bond donors (Lipinski definition) is 3. The molecule has 5 nitrogen and oxygen atoms in total. The van der Waals surface area contributed by atoms with E-state index in [2.05, 4.69) is 33.0 Å². The fourth-order valence-corrected chi connectivity index (χ4v) is 3.33. The van der Waals surface area contributed by atoms with E-state index in [9.17, 15) is 4.79 Å². The number of carbonyl (C=O) groups excluding carboxylic acids is 1. The highest BCUT2D eigenvalue weighted by Gasteiger charge is 2.39. The molecular formula is C16H25N3O2. The van der Waals surface area contributed by atoms with Gasteiger partial charge in [-0.2, -0.15) is 0 Å². The predicted octanol–water partition coefficient (Wildman–Crippen LogP) is 2.32. The van der Waals surface area contributed by atoms with Crippen LogP contribution in [-0.4, -0.2) is 23.2 Å². The van der Waals surface area contributed by atoms with Gasteiger partial charge in [0.15, 0.2) is 0 Å². The number of nitrogen functional groups attached to an aromatic ring is 2. The van der Waals surface area contributed by atoms with Crippen LogP contribution in [0.4, 0.5) is 11.4 Å². The van der Waals surface area contributed by atoms with Gasteiger partial charge in [0.1, 0.15) is 6.10 Å². The van der Waals surface area contributed by atoms with Crippen LogP contribution in [0.1, 0.15) is 50.9 Å². The zero-order chi connectivity index (χ0) is 15.8. The van der Waals surface area contributed by atoms with E-state index >= 15 is 0 Å². The average molecular weight is 291 g/mol. The van der Waals surface area contributed by atoms with Gasteiger partial charge in [-0.3, -0.25) is 0 Å². The first-order chi connectivity index (χ1) is 9.56. The molecule has 0 bridgehead atoms. The molecule has 1 saturated heterocycles. The summed E-state index contributed by atoms with van der Waals surface area (Å²) < 4.78 is 5.67. The van der Waals surface area contributed by atoms with E-state index in [1.54, 1.807) is 18.2 Å². The van der Waals surface area contributed by atoms with Crippen molar-refractivity contribution in [1.82, 2.24) is 5.32 Å². The molecule has 0 unspecified atom stereocenters. The summed E-state index contributed by atoms with van der Waals surface area (Å²) >= 11 is 0. The van der Waals surface area contributed by atoms with Crippen molar-refractivity contribution in [2.75, 3.05) is 11.5 Å². The summed E-state index contributed by atoms with van der Waals surface area (Å²) in [6, 6.07) is 4.81. The second kappa shape index (κ2) is 5.22. The van der Waals surface area contributed by atoms with Crippen molar-refractivity contribution in [2.24, 2.45) is 0 Å². The Morgan fingerprint density at radius 2 is 1.57 bits per heavy atom. The Bertz CT molecular complexity index is 516. The van der Waals surface area contributed by atoms with Gasteiger partial charge >= 0.3 is 5.97 Å². The highest BCUT2D eigenvalue weighted by molar-refractivity contribution is 5.91. The van der Waals surface area contributed by atoms with Gasteiger partial charge in [-0.1, -0.05) is 0 Å². The van der Waals surface area contributed by atoms with Crippen molar-refractivity contribution in [3.8, 4) is 0 Å². The number of benzene rings is 1. The van der Waals surface area contributed by atoms with Crippen LogP contribution < -0.4 is 16.8 Å². The van der Waals surface area contributed by atoms with Crippen LogP contribution in [0.5, 0.6) is 0 Å². The molecule has 21 heavy (non-hydrogen) atoms. The first-order valence-electron chi connectivity index (χ1n) is 7.23. The Labute approximate surface area is 126 Å². The van der Waals surface area contributed by atoms with Gasteiger partial charge in [0.25, 0.3) is 0 Å². The summed E-state index contributed by atoms with van der Waals surface area (Å²) in [5.41, 5.74) is 12.6. The fraction of sp³-hybridized carbons (Fsp3) is 0.562. The number of ether oxygens (including phenoxy) is 1. The van der Waals surface area contributed by atoms with Gasteiger partial charge in [-0.05, 0) is 45.9 Å². The van der Waals surface area contributed by atoms with E-state index in [4.69, 9.17) is 16.2 Å². The summed E-state index contributed by atoms with van der Waals surface area (Å²) in [6.07, 6.45) is 1.44. The number of hydrogen-bond acceptors (Lipinski definition) is 5. The summed E-state index contributed by atoms with van der Waals surface area (Å²) in [5.74, 6) is -0.368. The van der Waals surface area contributed by atoms with Gasteiger partial charge in [0.2, 0.25) is 0 Å². The molecule has 0 aliphatic carbocycles. The number of carbonyl (C=O) groups is 1. The summed E-state index contributed by atoms with van der Waals surface area (Å²) in [7, 11) is 0. The van der Waals surface area contributed by atoms with E-state index < -0.39 is 0 Å². The highest BCUT2D eigenvalue weighted by Crippen LogP contribution is 2.31. The zero-order valence-corrected chi connectivity index (χ0v) is 13.2. The lowest BCUT2D eigenvalue weighted by Crippen LogP contribution is -2.59. The minimum Gasteiger partial charge on any atom is -0.459 e. The SMILES string of the molecule is CC1(C)CC(OC(=O)c2cc(N)cc(N)c2)CC(C)(C)N1. The van der Waals surface area contributed by atoms with Crippen molar-refractivity contribution in [3.63, 3.8) is 0 Å². The molecule has 0 saturated carbocycles. The van der Waals surface area contributed by atoms with Crippen LogP contribution in [0.2, 0.25) is 0 Å².